The van der Waals surface area contributed by atoms with Gasteiger partial charge in [-0.2, -0.15) is 5.26 Å². The Labute approximate surface area is 159 Å². The topological polar surface area (TPSA) is 73.0 Å². The molecule has 0 fully saturated rings. The molecule has 0 amide bonds. The Morgan fingerprint density at radius 2 is 1.85 bits per heavy atom. The summed E-state index contributed by atoms with van der Waals surface area (Å²) >= 11 is 6.02. The third-order valence-corrected chi connectivity index (χ3v) is 4.70. The standard InChI is InChI=1S/C20H11ClN4O2/c21-14-3-1-12(2-4-14)18-20-19(24-10-23-18)13(8-22)9-25(20)15-5-6-16-17(7-15)27-11-26-16/h1-7,9-10H,11H2. The van der Waals surface area contributed by atoms with Crippen molar-refractivity contribution in [2.24, 2.45) is 0 Å². The molecule has 3 heterocycles. The summed E-state index contributed by atoms with van der Waals surface area (Å²) in [5.74, 6) is 1.36. The predicted octanol–water partition coefficient (Wildman–Crippen LogP) is 4.34. The maximum absolute atomic E-state index is 9.56. The molecule has 6 nitrogen and oxygen atoms in total. The molecule has 1 aliphatic rings. The average molecular weight is 375 g/mol. The van der Waals surface area contributed by atoms with Gasteiger partial charge < -0.3 is 14.0 Å². The van der Waals surface area contributed by atoms with Gasteiger partial charge in [-0.1, -0.05) is 23.7 Å². The first-order chi connectivity index (χ1) is 13.2. The summed E-state index contributed by atoms with van der Waals surface area (Å²) in [6, 6.07) is 15.3. The van der Waals surface area contributed by atoms with Crippen LogP contribution in [0.3, 0.4) is 0 Å². The van der Waals surface area contributed by atoms with E-state index in [4.69, 9.17) is 21.1 Å². The van der Waals surface area contributed by atoms with Gasteiger partial charge in [-0.15, -0.1) is 0 Å². The van der Waals surface area contributed by atoms with E-state index in [1.807, 2.05) is 47.0 Å². The first-order valence-corrected chi connectivity index (χ1v) is 8.54. The van der Waals surface area contributed by atoms with E-state index in [0.29, 0.717) is 27.6 Å². The summed E-state index contributed by atoms with van der Waals surface area (Å²) in [4.78, 5) is 8.81. The van der Waals surface area contributed by atoms with E-state index in [0.717, 1.165) is 22.5 Å². The Morgan fingerprint density at radius 1 is 1.04 bits per heavy atom. The fourth-order valence-corrected chi connectivity index (χ4v) is 3.32. The molecular formula is C20H11ClN4O2. The summed E-state index contributed by atoms with van der Waals surface area (Å²) in [6.07, 6.45) is 3.23. The van der Waals surface area contributed by atoms with Crippen molar-refractivity contribution in [1.82, 2.24) is 14.5 Å². The third-order valence-electron chi connectivity index (χ3n) is 4.45. The Morgan fingerprint density at radius 3 is 2.67 bits per heavy atom. The fourth-order valence-electron chi connectivity index (χ4n) is 3.20. The highest BCUT2D eigenvalue weighted by Crippen LogP contribution is 2.36. The molecule has 130 valence electrons. The molecule has 2 aromatic heterocycles. The van der Waals surface area contributed by atoms with Gasteiger partial charge in [0.2, 0.25) is 6.79 Å². The van der Waals surface area contributed by atoms with Gasteiger partial charge in [0.05, 0.1) is 16.8 Å². The van der Waals surface area contributed by atoms with Gasteiger partial charge in [-0.25, -0.2) is 9.97 Å². The number of benzene rings is 2. The minimum Gasteiger partial charge on any atom is -0.454 e. The number of rotatable bonds is 2. The van der Waals surface area contributed by atoms with E-state index in [-0.39, 0.29) is 6.79 Å². The number of nitriles is 1. The van der Waals surface area contributed by atoms with E-state index in [9.17, 15) is 5.26 Å². The summed E-state index contributed by atoms with van der Waals surface area (Å²) in [5.41, 5.74) is 4.24. The van der Waals surface area contributed by atoms with Gasteiger partial charge in [0.25, 0.3) is 0 Å². The van der Waals surface area contributed by atoms with Crippen LogP contribution in [0, 0.1) is 11.3 Å². The molecule has 4 aromatic rings. The Kier molecular flexibility index (Phi) is 3.49. The van der Waals surface area contributed by atoms with Crippen molar-refractivity contribution < 1.29 is 9.47 Å². The molecule has 0 aliphatic carbocycles. The first-order valence-electron chi connectivity index (χ1n) is 8.17. The summed E-state index contributed by atoms with van der Waals surface area (Å²) in [6.45, 7) is 0.202. The van der Waals surface area contributed by atoms with Crippen LogP contribution in [0.4, 0.5) is 0 Å². The fraction of sp³-hybridized carbons (Fsp3) is 0.0500. The van der Waals surface area contributed by atoms with Gasteiger partial charge in [0.15, 0.2) is 11.5 Å². The van der Waals surface area contributed by atoms with Crippen LogP contribution >= 0.6 is 11.6 Å². The average Bonchev–Trinajstić information content (AvgIpc) is 3.32. The van der Waals surface area contributed by atoms with E-state index in [1.54, 1.807) is 6.20 Å². The molecule has 0 atom stereocenters. The summed E-state index contributed by atoms with van der Waals surface area (Å²) in [5, 5.41) is 10.2. The molecule has 0 N–H and O–H groups in total. The van der Waals surface area contributed by atoms with Gasteiger partial charge in [-0.3, -0.25) is 0 Å². The van der Waals surface area contributed by atoms with E-state index < -0.39 is 0 Å². The molecule has 7 heteroatoms. The third kappa shape index (κ3) is 2.48. The lowest BCUT2D eigenvalue weighted by atomic mass is 10.1. The van der Waals surface area contributed by atoms with Gasteiger partial charge in [0, 0.05) is 28.5 Å². The van der Waals surface area contributed by atoms with E-state index in [2.05, 4.69) is 16.0 Å². The second-order valence-electron chi connectivity index (χ2n) is 5.99. The number of fused-ring (bicyclic) bond motifs is 2. The molecule has 0 bridgehead atoms. The second kappa shape index (κ2) is 6.01. The highest BCUT2D eigenvalue weighted by atomic mass is 35.5. The Balaban J connectivity index is 1.80. The summed E-state index contributed by atoms with van der Waals surface area (Å²) < 4.78 is 12.8. The maximum atomic E-state index is 9.56. The lowest BCUT2D eigenvalue weighted by Gasteiger charge is -2.10. The van der Waals surface area contributed by atoms with Crippen molar-refractivity contribution in [2.75, 3.05) is 6.79 Å². The van der Waals surface area contributed by atoms with Crippen molar-refractivity contribution in [1.29, 1.82) is 5.26 Å². The van der Waals surface area contributed by atoms with E-state index >= 15 is 0 Å². The first kappa shape index (κ1) is 15.7. The smallest absolute Gasteiger partial charge is 0.231 e. The molecular weight excluding hydrogens is 364 g/mol. The molecule has 0 spiro atoms. The van der Waals surface area contributed by atoms with Crippen LogP contribution in [-0.2, 0) is 0 Å². The zero-order valence-corrected chi connectivity index (χ0v) is 14.6. The highest BCUT2D eigenvalue weighted by Gasteiger charge is 2.19. The SMILES string of the molecule is N#Cc1cn(-c2ccc3c(c2)OCO3)c2c(-c3ccc(Cl)cc3)ncnc12. The van der Waals surface area contributed by atoms with Gasteiger partial charge >= 0.3 is 0 Å². The zero-order chi connectivity index (χ0) is 18.4. The Hall–Kier alpha value is -3.56. The molecule has 2 aromatic carbocycles. The molecule has 1 aliphatic heterocycles. The molecule has 5 rings (SSSR count). The van der Waals surface area contributed by atoms with Crippen molar-refractivity contribution in [3.63, 3.8) is 0 Å². The largest absolute Gasteiger partial charge is 0.454 e. The minimum atomic E-state index is 0.202. The van der Waals surface area contributed by atoms with Gasteiger partial charge in [0.1, 0.15) is 17.9 Å². The second-order valence-corrected chi connectivity index (χ2v) is 6.42. The number of halogens is 1. The normalized spacial score (nSPS) is 12.3. The van der Waals surface area contributed by atoms with Crippen LogP contribution in [-0.4, -0.2) is 21.3 Å². The van der Waals surface area contributed by atoms with Crippen LogP contribution in [0.25, 0.3) is 28.0 Å². The number of nitrogens with zero attached hydrogens (tertiary/aromatic N) is 4. The summed E-state index contributed by atoms with van der Waals surface area (Å²) in [7, 11) is 0. The Bertz CT molecular complexity index is 1230. The maximum Gasteiger partial charge on any atom is 0.231 e. The number of hydrogen-bond donors (Lipinski definition) is 0. The highest BCUT2D eigenvalue weighted by molar-refractivity contribution is 6.30. The van der Waals surface area contributed by atoms with Crippen molar-refractivity contribution in [3.8, 4) is 34.5 Å². The molecule has 0 radical (unpaired) electrons. The van der Waals surface area contributed by atoms with Crippen molar-refractivity contribution >= 4 is 22.6 Å². The number of ether oxygens (including phenoxy) is 2. The monoisotopic (exact) mass is 374 g/mol. The van der Waals surface area contributed by atoms with E-state index in [1.165, 1.54) is 6.33 Å². The molecule has 0 saturated carbocycles. The van der Waals surface area contributed by atoms with Crippen LogP contribution < -0.4 is 9.47 Å². The quantitative estimate of drug-likeness (QED) is 0.521. The lowest BCUT2D eigenvalue weighted by Crippen LogP contribution is -1.96. The number of aromatic nitrogens is 3. The van der Waals surface area contributed by atoms with Gasteiger partial charge in [-0.05, 0) is 24.3 Å². The molecule has 0 saturated heterocycles. The number of hydrogen-bond acceptors (Lipinski definition) is 5. The minimum absolute atomic E-state index is 0.202. The molecule has 0 unspecified atom stereocenters. The molecule has 27 heavy (non-hydrogen) atoms. The van der Waals surface area contributed by atoms with Crippen LogP contribution in [0.2, 0.25) is 5.02 Å². The van der Waals surface area contributed by atoms with Crippen LogP contribution in [0.5, 0.6) is 11.5 Å². The van der Waals surface area contributed by atoms with Crippen LogP contribution in [0.1, 0.15) is 5.56 Å². The van der Waals surface area contributed by atoms with Crippen molar-refractivity contribution in [2.45, 2.75) is 0 Å². The van der Waals surface area contributed by atoms with Crippen LogP contribution in [0.15, 0.2) is 55.0 Å². The predicted molar refractivity (Wildman–Crippen MR) is 100 cm³/mol. The van der Waals surface area contributed by atoms with Crippen molar-refractivity contribution in [3.05, 3.63) is 65.6 Å². The zero-order valence-electron chi connectivity index (χ0n) is 13.9. The lowest BCUT2D eigenvalue weighted by molar-refractivity contribution is 0.174.